The summed E-state index contributed by atoms with van der Waals surface area (Å²) in [6.45, 7) is 6.53. The lowest BCUT2D eigenvalue weighted by Gasteiger charge is -2.17. The van der Waals surface area contributed by atoms with E-state index in [0.717, 1.165) is 34.6 Å². The van der Waals surface area contributed by atoms with E-state index in [4.69, 9.17) is 0 Å². The van der Waals surface area contributed by atoms with Crippen molar-refractivity contribution in [2.75, 3.05) is 39.3 Å². The number of carbonyl (C=O) groups is 2. The van der Waals surface area contributed by atoms with Crippen molar-refractivity contribution in [2.24, 2.45) is 11.8 Å². The Balaban J connectivity index is 1.31. The van der Waals surface area contributed by atoms with Gasteiger partial charge in [0.25, 0.3) is 11.8 Å². The SMILES string of the molecule is C=CS(=O)(=O)NCC1CCN(C(=O)c2ccc(/C=C/S(=O)(=O)NC[C@H]3CCN(C(=O)c4cccc(C)c4)C3)c(F)c2F)C1. The minimum atomic E-state index is -4.01. The van der Waals surface area contributed by atoms with E-state index < -0.39 is 43.2 Å². The molecule has 2 aromatic carbocycles. The van der Waals surface area contributed by atoms with Crippen LogP contribution in [0.5, 0.6) is 0 Å². The highest BCUT2D eigenvalue weighted by Crippen LogP contribution is 2.24. The van der Waals surface area contributed by atoms with Crippen LogP contribution in [0.1, 0.15) is 44.7 Å². The number of sulfonamides is 2. The average Bonchev–Trinajstić information content (AvgIpc) is 3.66. The molecule has 2 fully saturated rings. The summed E-state index contributed by atoms with van der Waals surface area (Å²) in [5, 5.41) is 1.51. The Morgan fingerprint density at radius 2 is 1.51 bits per heavy atom. The summed E-state index contributed by atoms with van der Waals surface area (Å²) in [6.07, 6.45) is 2.00. The smallest absolute Gasteiger partial charge is 0.256 e. The van der Waals surface area contributed by atoms with Gasteiger partial charge in [-0.1, -0.05) is 30.3 Å². The summed E-state index contributed by atoms with van der Waals surface area (Å²) in [5.41, 5.74) is 0.681. The second kappa shape index (κ2) is 13.5. The van der Waals surface area contributed by atoms with E-state index in [1.54, 1.807) is 17.0 Å². The van der Waals surface area contributed by atoms with Crippen molar-refractivity contribution in [1.29, 1.82) is 0 Å². The standard InChI is InChI=1S/C29H34F2N4O6S2/c1-3-42(38,39)32-16-21-10-13-35(19-21)29(37)25-8-7-23(26(30)27(25)31)11-14-43(40,41)33-17-22-9-12-34(18-22)28(36)24-6-4-5-20(2)15-24/h3-8,11,14-15,21-22,32-33H,1,9-10,12-13,16-19H2,2H3/b14-11+/t21?,22-/m1/s1. The number of amides is 2. The molecule has 232 valence electrons. The number of hydrogen-bond donors (Lipinski definition) is 2. The third-order valence-corrected chi connectivity index (χ3v) is 9.62. The van der Waals surface area contributed by atoms with Gasteiger partial charge < -0.3 is 9.80 Å². The molecule has 2 heterocycles. The Hall–Kier alpha value is -3.46. The molecule has 2 atom stereocenters. The number of nitrogens with zero attached hydrogens (tertiary/aromatic N) is 2. The fraction of sp³-hybridized carbons (Fsp3) is 0.379. The molecule has 2 aromatic rings. The van der Waals surface area contributed by atoms with Gasteiger partial charge in [0.1, 0.15) is 0 Å². The maximum Gasteiger partial charge on any atom is 0.256 e. The number of likely N-dealkylation sites (tertiary alicyclic amines) is 2. The van der Waals surface area contributed by atoms with E-state index in [0.29, 0.717) is 31.5 Å². The van der Waals surface area contributed by atoms with Crippen molar-refractivity contribution in [2.45, 2.75) is 19.8 Å². The van der Waals surface area contributed by atoms with Gasteiger partial charge in [0.05, 0.1) is 5.56 Å². The minimum Gasteiger partial charge on any atom is -0.338 e. The van der Waals surface area contributed by atoms with E-state index in [9.17, 15) is 35.2 Å². The lowest BCUT2D eigenvalue weighted by molar-refractivity contribution is 0.0776. The summed E-state index contributed by atoms with van der Waals surface area (Å²) >= 11 is 0. The van der Waals surface area contributed by atoms with E-state index in [-0.39, 0.29) is 49.5 Å². The van der Waals surface area contributed by atoms with Crippen molar-refractivity contribution in [3.8, 4) is 0 Å². The second-order valence-electron chi connectivity index (χ2n) is 10.8. The summed E-state index contributed by atoms with van der Waals surface area (Å²) in [7, 11) is -7.63. The first-order chi connectivity index (χ1) is 20.3. The van der Waals surface area contributed by atoms with E-state index >= 15 is 0 Å². The van der Waals surface area contributed by atoms with Crippen molar-refractivity contribution < 1.29 is 35.2 Å². The maximum atomic E-state index is 14.9. The van der Waals surface area contributed by atoms with Crippen LogP contribution >= 0.6 is 0 Å². The molecule has 10 nitrogen and oxygen atoms in total. The number of aryl methyl sites for hydroxylation is 1. The van der Waals surface area contributed by atoms with Gasteiger partial charge in [-0.3, -0.25) is 9.59 Å². The molecule has 2 aliphatic heterocycles. The van der Waals surface area contributed by atoms with Crippen LogP contribution in [-0.2, 0) is 20.0 Å². The number of rotatable bonds is 11. The van der Waals surface area contributed by atoms with Gasteiger partial charge in [0, 0.05) is 61.2 Å². The number of benzene rings is 2. The molecule has 0 aromatic heterocycles. The normalized spacial score (nSPS) is 19.3. The van der Waals surface area contributed by atoms with Gasteiger partial charge in [0.15, 0.2) is 11.6 Å². The van der Waals surface area contributed by atoms with Crippen LogP contribution in [0.4, 0.5) is 8.78 Å². The van der Waals surface area contributed by atoms with Gasteiger partial charge in [0.2, 0.25) is 20.0 Å². The summed E-state index contributed by atoms with van der Waals surface area (Å²) in [4.78, 5) is 28.6. The van der Waals surface area contributed by atoms with Crippen molar-refractivity contribution >= 4 is 37.9 Å². The highest BCUT2D eigenvalue weighted by molar-refractivity contribution is 7.92. The summed E-state index contributed by atoms with van der Waals surface area (Å²) < 4.78 is 82.7. The molecule has 2 saturated heterocycles. The zero-order valence-electron chi connectivity index (χ0n) is 23.6. The minimum absolute atomic E-state index is 0.0699. The van der Waals surface area contributed by atoms with E-state index in [1.807, 2.05) is 19.1 Å². The molecular weight excluding hydrogens is 602 g/mol. The van der Waals surface area contributed by atoms with Crippen molar-refractivity contribution in [1.82, 2.24) is 19.2 Å². The Morgan fingerprint density at radius 1 is 0.907 bits per heavy atom. The first-order valence-electron chi connectivity index (χ1n) is 13.7. The molecule has 0 saturated carbocycles. The molecule has 0 spiro atoms. The first kappa shape index (κ1) is 32.5. The van der Waals surface area contributed by atoms with Crippen LogP contribution < -0.4 is 9.44 Å². The predicted octanol–water partition coefficient (Wildman–Crippen LogP) is 2.85. The lowest BCUT2D eigenvalue weighted by Crippen LogP contribution is -2.33. The van der Waals surface area contributed by atoms with Crippen LogP contribution in [0.15, 0.2) is 53.8 Å². The fourth-order valence-corrected chi connectivity index (χ4v) is 6.57. The maximum absolute atomic E-state index is 14.9. The van der Waals surface area contributed by atoms with E-state index in [1.165, 1.54) is 4.90 Å². The third kappa shape index (κ3) is 8.34. The van der Waals surface area contributed by atoms with Gasteiger partial charge in [-0.05, 0) is 55.9 Å². The summed E-state index contributed by atoms with van der Waals surface area (Å²) in [6, 6.07) is 9.45. The Morgan fingerprint density at radius 3 is 2.12 bits per heavy atom. The fourth-order valence-electron chi connectivity index (χ4n) is 5.09. The molecule has 2 aliphatic rings. The highest BCUT2D eigenvalue weighted by atomic mass is 32.2. The molecule has 0 radical (unpaired) electrons. The van der Waals surface area contributed by atoms with Gasteiger partial charge in [-0.15, -0.1) is 0 Å². The molecule has 14 heteroatoms. The first-order valence-corrected chi connectivity index (χ1v) is 16.8. The monoisotopic (exact) mass is 636 g/mol. The van der Waals surface area contributed by atoms with Crippen molar-refractivity contribution in [3.63, 3.8) is 0 Å². The van der Waals surface area contributed by atoms with Gasteiger partial charge in [-0.2, -0.15) is 0 Å². The molecule has 2 amide bonds. The molecule has 0 bridgehead atoms. The molecule has 1 unspecified atom stereocenters. The number of halogens is 2. The number of carbonyl (C=O) groups excluding carboxylic acids is 2. The molecule has 4 rings (SSSR count). The molecule has 2 N–H and O–H groups in total. The zero-order valence-corrected chi connectivity index (χ0v) is 25.3. The predicted molar refractivity (Wildman–Crippen MR) is 159 cm³/mol. The Labute approximate surface area is 250 Å². The number of hydrogen-bond acceptors (Lipinski definition) is 6. The topological polar surface area (TPSA) is 133 Å². The molecular formula is C29H34F2N4O6S2. The van der Waals surface area contributed by atoms with Crippen LogP contribution in [0.2, 0.25) is 0 Å². The second-order valence-corrected chi connectivity index (χ2v) is 14.1. The van der Waals surface area contributed by atoms with Gasteiger partial charge in [-0.25, -0.2) is 35.1 Å². The lowest BCUT2D eigenvalue weighted by atomic mass is 10.1. The van der Waals surface area contributed by atoms with Crippen LogP contribution in [0.3, 0.4) is 0 Å². The Kier molecular flexibility index (Phi) is 10.2. The molecule has 0 aliphatic carbocycles. The highest BCUT2D eigenvalue weighted by Gasteiger charge is 2.30. The van der Waals surface area contributed by atoms with Crippen LogP contribution in [0, 0.1) is 30.4 Å². The Bertz CT molecular complexity index is 1650. The largest absolute Gasteiger partial charge is 0.338 e. The third-order valence-electron chi connectivity index (χ3n) is 7.55. The van der Waals surface area contributed by atoms with Crippen molar-refractivity contribution in [3.05, 3.63) is 87.7 Å². The van der Waals surface area contributed by atoms with Crippen LogP contribution in [-0.4, -0.2) is 77.7 Å². The van der Waals surface area contributed by atoms with Crippen LogP contribution in [0.25, 0.3) is 6.08 Å². The summed E-state index contributed by atoms with van der Waals surface area (Å²) in [5.74, 6) is -3.95. The van der Waals surface area contributed by atoms with E-state index in [2.05, 4.69) is 16.0 Å². The zero-order chi connectivity index (χ0) is 31.4. The molecule has 43 heavy (non-hydrogen) atoms. The van der Waals surface area contributed by atoms with Gasteiger partial charge >= 0.3 is 0 Å². The quantitative estimate of drug-likeness (QED) is 0.390. The average molecular weight is 637 g/mol. The number of nitrogens with one attached hydrogen (secondary N) is 2.